The molecule has 1 aromatic rings. The van der Waals surface area contributed by atoms with Crippen molar-refractivity contribution in [2.75, 3.05) is 5.32 Å². The van der Waals surface area contributed by atoms with E-state index in [0.717, 1.165) is 41.2 Å². The second-order valence-corrected chi connectivity index (χ2v) is 4.28. The maximum absolute atomic E-state index is 11.9. The van der Waals surface area contributed by atoms with E-state index in [1.807, 2.05) is 0 Å². The summed E-state index contributed by atoms with van der Waals surface area (Å²) in [6.07, 6.45) is -2.24. The van der Waals surface area contributed by atoms with Gasteiger partial charge in [0.15, 0.2) is 5.13 Å². The fourth-order valence-electron chi connectivity index (χ4n) is 1.41. The number of aryl methyl sites for hydroxylation is 2. The van der Waals surface area contributed by atoms with Crippen molar-refractivity contribution < 1.29 is 18.0 Å². The SMILES string of the molecule is O=C(Nc1nc2c(s1)CCC2)C(F)(F)F. The predicted molar refractivity (Wildman–Crippen MR) is 48.8 cm³/mol. The molecule has 1 amide bonds. The Balaban J connectivity index is 2.09. The number of carbonyl (C=O) groups is 1. The molecule has 1 aliphatic carbocycles. The zero-order valence-corrected chi connectivity index (χ0v) is 8.34. The second-order valence-electron chi connectivity index (χ2n) is 3.19. The summed E-state index contributed by atoms with van der Waals surface area (Å²) >= 11 is 1.12. The zero-order chi connectivity index (χ0) is 11.1. The van der Waals surface area contributed by atoms with Crippen LogP contribution in [0.15, 0.2) is 0 Å². The first kappa shape index (κ1) is 10.4. The van der Waals surface area contributed by atoms with Gasteiger partial charge in [-0.1, -0.05) is 0 Å². The molecule has 0 spiro atoms. The number of carbonyl (C=O) groups excluding carboxylic acids is 1. The molecular weight excluding hydrogens is 229 g/mol. The molecule has 2 rings (SSSR count). The Morgan fingerprint density at radius 3 is 2.73 bits per heavy atom. The number of anilines is 1. The summed E-state index contributed by atoms with van der Waals surface area (Å²) in [6.45, 7) is 0. The van der Waals surface area contributed by atoms with Gasteiger partial charge in [0, 0.05) is 4.88 Å². The number of thiazole rings is 1. The molecule has 0 atom stereocenters. The van der Waals surface area contributed by atoms with Gasteiger partial charge in [0.25, 0.3) is 0 Å². The minimum absolute atomic E-state index is 0.0435. The molecule has 0 saturated heterocycles. The molecule has 1 aromatic heterocycles. The molecule has 0 radical (unpaired) electrons. The van der Waals surface area contributed by atoms with Crippen LogP contribution < -0.4 is 5.32 Å². The summed E-state index contributed by atoms with van der Waals surface area (Å²) in [5.74, 6) is -1.96. The number of alkyl halides is 3. The fraction of sp³-hybridized carbons (Fsp3) is 0.500. The Labute approximate surface area is 87.3 Å². The molecule has 3 nitrogen and oxygen atoms in total. The average molecular weight is 236 g/mol. The van der Waals surface area contributed by atoms with Crippen molar-refractivity contribution in [2.24, 2.45) is 0 Å². The topological polar surface area (TPSA) is 42.0 Å². The van der Waals surface area contributed by atoms with E-state index in [1.54, 1.807) is 5.32 Å². The molecule has 1 heterocycles. The summed E-state index contributed by atoms with van der Waals surface area (Å²) in [5, 5.41) is 1.80. The number of nitrogens with one attached hydrogen (secondary N) is 1. The summed E-state index contributed by atoms with van der Waals surface area (Å²) in [7, 11) is 0. The molecule has 0 fully saturated rings. The smallest absolute Gasteiger partial charge is 0.294 e. The van der Waals surface area contributed by atoms with Crippen LogP contribution in [0.2, 0.25) is 0 Å². The quantitative estimate of drug-likeness (QED) is 0.811. The average Bonchev–Trinajstić information content (AvgIpc) is 2.61. The minimum Gasteiger partial charge on any atom is -0.294 e. The Morgan fingerprint density at radius 1 is 1.40 bits per heavy atom. The predicted octanol–water partition coefficient (Wildman–Crippen LogP) is 2.13. The van der Waals surface area contributed by atoms with Gasteiger partial charge in [-0.15, -0.1) is 11.3 Å². The van der Waals surface area contributed by atoms with E-state index in [2.05, 4.69) is 4.98 Å². The minimum atomic E-state index is -4.85. The Bertz CT molecular complexity index is 378. The number of hydrogen-bond acceptors (Lipinski definition) is 3. The molecule has 82 valence electrons. The van der Waals surface area contributed by atoms with Crippen LogP contribution in [-0.4, -0.2) is 17.1 Å². The maximum Gasteiger partial charge on any atom is 0.471 e. The lowest BCUT2D eigenvalue weighted by atomic mass is 10.4. The highest BCUT2D eigenvalue weighted by molar-refractivity contribution is 7.15. The third-order valence-electron chi connectivity index (χ3n) is 2.07. The van der Waals surface area contributed by atoms with Crippen LogP contribution in [0.25, 0.3) is 0 Å². The van der Waals surface area contributed by atoms with Crippen molar-refractivity contribution in [3.8, 4) is 0 Å². The van der Waals surface area contributed by atoms with Crippen molar-refractivity contribution in [2.45, 2.75) is 25.4 Å². The summed E-state index contributed by atoms with van der Waals surface area (Å²) in [6, 6.07) is 0. The van der Waals surface area contributed by atoms with Gasteiger partial charge < -0.3 is 0 Å². The lowest BCUT2D eigenvalue weighted by molar-refractivity contribution is -0.167. The number of nitrogens with zero attached hydrogens (tertiary/aromatic N) is 1. The summed E-state index contributed by atoms with van der Waals surface area (Å²) in [5.41, 5.74) is 0.817. The van der Waals surface area contributed by atoms with E-state index in [9.17, 15) is 18.0 Å². The van der Waals surface area contributed by atoms with Crippen LogP contribution in [0.5, 0.6) is 0 Å². The van der Waals surface area contributed by atoms with E-state index in [1.165, 1.54) is 0 Å². The molecule has 0 aromatic carbocycles. The first-order valence-corrected chi connectivity index (χ1v) is 5.15. The molecule has 0 unspecified atom stereocenters. The Morgan fingerprint density at radius 2 is 2.13 bits per heavy atom. The van der Waals surface area contributed by atoms with Gasteiger partial charge in [-0.3, -0.25) is 10.1 Å². The van der Waals surface area contributed by atoms with Gasteiger partial charge in [0.2, 0.25) is 0 Å². The molecule has 0 bridgehead atoms. The summed E-state index contributed by atoms with van der Waals surface area (Å²) in [4.78, 5) is 15.5. The van der Waals surface area contributed by atoms with Crippen molar-refractivity contribution >= 4 is 22.4 Å². The zero-order valence-electron chi connectivity index (χ0n) is 7.52. The number of hydrogen-bond donors (Lipinski definition) is 1. The van der Waals surface area contributed by atoms with Crippen LogP contribution in [0.3, 0.4) is 0 Å². The lowest BCUT2D eigenvalue weighted by Gasteiger charge is -2.04. The highest BCUT2D eigenvalue weighted by Crippen LogP contribution is 2.31. The third-order valence-corrected chi connectivity index (χ3v) is 3.15. The van der Waals surface area contributed by atoms with Crippen LogP contribution in [0, 0.1) is 0 Å². The van der Waals surface area contributed by atoms with Crippen molar-refractivity contribution in [1.29, 1.82) is 0 Å². The lowest BCUT2D eigenvalue weighted by Crippen LogP contribution is -2.29. The third kappa shape index (κ3) is 2.11. The number of amides is 1. The van der Waals surface area contributed by atoms with E-state index in [0.29, 0.717) is 0 Å². The first-order valence-electron chi connectivity index (χ1n) is 4.33. The second kappa shape index (κ2) is 3.48. The monoisotopic (exact) mass is 236 g/mol. The van der Waals surface area contributed by atoms with Gasteiger partial charge >= 0.3 is 12.1 Å². The van der Waals surface area contributed by atoms with E-state index in [4.69, 9.17) is 0 Å². The Hall–Kier alpha value is -1.11. The van der Waals surface area contributed by atoms with Gasteiger partial charge in [0.05, 0.1) is 5.69 Å². The fourth-order valence-corrected chi connectivity index (χ4v) is 2.46. The van der Waals surface area contributed by atoms with Gasteiger partial charge in [-0.2, -0.15) is 13.2 Å². The maximum atomic E-state index is 11.9. The number of aromatic nitrogens is 1. The number of rotatable bonds is 1. The highest BCUT2D eigenvalue weighted by atomic mass is 32.1. The van der Waals surface area contributed by atoms with Crippen LogP contribution in [0.1, 0.15) is 17.0 Å². The van der Waals surface area contributed by atoms with E-state index >= 15 is 0 Å². The van der Waals surface area contributed by atoms with Crippen LogP contribution >= 0.6 is 11.3 Å². The van der Waals surface area contributed by atoms with Gasteiger partial charge in [-0.05, 0) is 19.3 Å². The molecule has 0 aliphatic heterocycles. The standard InChI is InChI=1S/C8H7F3N2OS/c9-8(10,11)6(14)13-7-12-4-2-1-3-5(4)15-7/h1-3H2,(H,12,13,14). The molecule has 0 saturated carbocycles. The van der Waals surface area contributed by atoms with Crippen molar-refractivity contribution in [3.63, 3.8) is 0 Å². The first-order chi connectivity index (χ1) is 6.97. The molecule has 15 heavy (non-hydrogen) atoms. The van der Waals surface area contributed by atoms with E-state index < -0.39 is 12.1 Å². The van der Waals surface area contributed by atoms with Gasteiger partial charge in [-0.25, -0.2) is 4.98 Å². The largest absolute Gasteiger partial charge is 0.471 e. The molecule has 1 N–H and O–H groups in total. The van der Waals surface area contributed by atoms with Crippen LogP contribution in [-0.2, 0) is 17.6 Å². The summed E-state index contributed by atoms with van der Waals surface area (Å²) < 4.78 is 35.7. The van der Waals surface area contributed by atoms with Crippen molar-refractivity contribution in [3.05, 3.63) is 10.6 Å². The molecule has 7 heteroatoms. The molecule has 1 aliphatic rings. The normalized spacial score (nSPS) is 15.1. The van der Waals surface area contributed by atoms with E-state index in [-0.39, 0.29) is 5.13 Å². The number of halogens is 3. The van der Waals surface area contributed by atoms with Crippen LogP contribution in [0.4, 0.5) is 18.3 Å². The van der Waals surface area contributed by atoms with Crippen molar-refractivity contribution in [1.82, 2.24) is 4.98 Å². The van der Waals surface area contributed by atoms with Gasteiger partial charge in [0.1, 0.15) is 0 Å². The number of fused-ring (bicyclic) bond motifs is 1. The Kier molecular flexibility index (Phi) is 2.41. The highest BCUT2D eigenvalue weighted by Gasteiger charge is 2.39. The molecular formula is C8H7F3N2OS.